The third kappa shape index (κ3) is 12.6. The first kappa shape index (κ1) is 43.6. The summed E-state index contributed by atoms with van der Waals surface area (Å²) in [5.74, 6) is -8.27. The Labute approximate surface area is 313 Å². The van der Waals surface area contributed by atoms with Crippen LogP contribution in [0.15, 0.2) is 54.6 Å². The average molecular weight is 777 g/mol. The lowest BCUT2D eigenvalue weighted by Gasteiger charge is -2.21. The van der Waals surface area contributed by atoms with Crippen molar-refractivity contribution in [1.82, 2.24) is 10.6 Å². The van der Waals surface area contributed by atoms with Gasteiger partial charge in [0.1, 0.15) is 34.7 Å². The van der Waals surface area contributed by atoms with E-state index in [1.54, 1.807) is 12.1 Å². The van der Waals surface area contributed by atoms with Crippen LogP contribution >= 0.6 is 0 Å². The molecule has 3 aromatic carbocycles. The summed E-state index contributed by atoms with van der Waals surface area (Å²) in [5, 5.41) is 54.2. The van der Waals surface area contributed by atoms with E-state index in [9.17, 15) is 52.8 Å². The molecule has 0 aromatic heterocycles. The van der Waals surface area contributed by atoms with Gasteiger partial charge in [0.25, 0.3) is 5.91 Å². The van der Waals surface area contributed by atoms with Crippen LogP contribution in [0.5, 0.6) is 23.0 Å². The lowest BCUT2D eigenvalue weighted by atomic mass is 9.95. The minimum absolute atomic E-state index is 0.0634. The molecule has 55 heavy (non-hydrogen) atoms. The van der Waals surface area contributed by atoms with Gasteiger partial charge in [-0.15, -0.1) is 0 Å². The van der Waals surface area contributed by atoms with Crippen molar-refractivity contribution < 1.29 is 72.2 Å². The maximum Gasteiger partial charge on any atom is 0.490 e. The number of alkyl halides is 3. The first-order valence-electron chi connectivity index (χ1n) is 17.5. The van der Waals surface area contributed by atoms with Crippen molar-refractivity contribution in [2.24, 2.45) is 0 Å². The molecule has 1 amide bonds. The average Bonchev–Trinajstić information content (AvgIpc) is 3.56. The Hall–Kier alpha value is -5.84. The van der Waals surface area contributed by atoms with Gasteiger partial charge in [-0.25, -0.2) is 14.4 Å². The Balaban J connectivity index is 0.00000106. The van der Waals surface area contributed by atoms with E-state index in [-0.39, 0.29) is 42.3 Å². The molecule has 2 atom stereocenters. The van der Waals surface area contributed by atoms with E-state index in [1.165, 1.54) is 37.1 Å². The van der Waals surface area contributed by atoms with Crippen LogP contribution in [-0.2, 0) is 9.53 Å². The molecule has 4 rings (SSSR count). The van der Waals surface area contributed by atoms with Gasteiger partial charge < -0.3 is 45.6 Å². The molecule has 1 aliphatic rings. The number of aromatic hydroxyl groups is 3. The monoisotopic (exact) mass is 776 g/mol. The van der Waals surface area contributed by atoms with E-state index < -0.39 is 76.1 Å². The molecule has 0 bridgehead atoms. The van der Waals surface area contributed by atoms with Crippen LogP contribution in [-0.4, -0.2) is 93.1 Å². The molecule has 0 unspecified atom stereocenters. The number of benzene rings is 3. The zero-order valence-corrected chi connectivity index (χ0v) is 29.9. The third-order valence-corrected chi connectivity index (χ3v) is 8.42. The number of ketones is 1. The number of para-hydroxylation sites is 1. The second kappa shape index (κ2) is 20.6. The summed E-state index contributed by atoms with van der Waals surface area (Å²) in [4.78, 5) is 60.6. The number of halogens is 3. The predicted octanol–water partition coefficient (Wildman–Crippen LogP) is 5.81. The van der Waals surface area contributed by atoms with Crippen molar-refractivity contribution in [1.29, 1.82) is 0 Å². The van der Waals surface area contributed by atoms with Gasteiger partial charge in [0.2, 0.25) is 5.78 Å². The fourth-order valence-electron chi connectivity index (χ4n) is 5.60. The number of aromatic carboxylic acids is 1. The highest BCUT2D eigenvalue weighted by molar-refractivity contribution is 6.18. The van der Waals surface area contributed by atoms with E-state index in [2.05, 4.69) is 17.6 Å². The Morgan fingerprint density at radius 3 is 2.00 bits per heavy atom. The van der Waals surface area contributed by atoms with Crippen LogP contribution in [0.25, 0.3) is 0 Å². The number of nitrogens with one attached hydrogen (secondary N) is 2. The number of carboxylic acids is 2. The van der Waals surface area contributed by atoms with E-state index >= 15 is 0 Å². The topological polar surface area (TPSA) is 229 Å². The van der Waals surface area contributed by atoms with Crippen LogP contribution in [0.4, 0.5) is 13.2 Å². The van der Waals surface area contributed by atoms with Crippen molar-refractivity contribution in [2.75, 3.05) is 19.7 Å². The first-order chi connectivity index (χ1) is 26.1. The number of phenols is 3. The number of hydrogen-bond acceptors (Lipinski definition) is 11. The van der Waals surface area contributed by atoms with Crippen molar-refractivity contribution in [3.63, 3.8) is 0 Å². The van der Waals surface area contributed by atoms with Crippen molar-refractivity contribution >= 4 is 29.6 Å². The fraction of sp³-hybridized carbons (Fsp3) is 0.395. The van der Waals surface area contributed by atoms with Gasteiger partial charge in [0, 0.05) is 13.1 Å². The molecule has 0 radical (unpaired) electrons. The summed E-state index contributed by atoms with van der Waals surface area (Å²) < 4.78 is 43.4. The lowest BCUT2D eigenvalue weighted by molar-refractivity contribution is -0.192. The normalized spacial score (nSPS) is 15.0. The molecule has 17 heteroatoms. The first-order valence-corrected chi connectivity index (χ1v) is 17.5. The van der Waals surface area contributed by atoms with Crippen LogP contribution in [0, 0.1) is 0 Å². The second-order valence-electron chi connectivity index (χ2n) is 12.5. The van der Waals surface area contributed by atoms with Crippen molar-refractivity contribution in [3.8, 4) is 23.0 Å². The molecule has 14 nitrogen and oxygen atoms in total. The Morgan fingerprint density at radius 2 is 1.38 bits per heavy atom. The quantitative estimate of drug-likeness (QED) is 0.0488. The molecular formula is C38H43F3N2O12. The number of aliphatic carboxylic acids is 1. The molecule has 298 valence electrons. The predicted molar refractivity (Wildman–Crippen MR) is 190 cm³/mol. The standard InChI is InChI=1S/C36H42N2O10.C2HF3O2/c1-2-3-4-5-6-7-8-11-17-47-29-19-22(18-28(41)32(29)33(42)31-24(35(44)45)14-12-16-27(31)40)36(46)48-30-21-37-20-25(30)38-34(43)23-13-9-10-15-26(23)39;3-2(4,5)1(6)7/h9-10,12-16,18-19,25,30,37,39-41H,2-8,11,17,20-21H2,1H3,(H,38,43)(H,44,45);(H,6,7)/t25-,30-;/m1./s1. The fourth-order valence-corrected chi connectivity index (χ4v) is 5.60. The summed E-state index contributed by atoms with van der Waals surface area (Å²) in [6, 6.07) is 11.2. The molecule has 0 aliphatic carbocycles. The Bertz CT molecular complexity index is 1830. The van der Waals surface area contributed by atoms with E-state index in [1.807, 2.05) is 0 Å². The largest absolute Gasteiger partial charge is 0.507 e. The van der Waals surface area contributed by atoms with Gasteiger partial charge in [0.15, 0.2) is 0 Å². The maximum atomic E-state index is 13.7. The molecule has 7 N–H and O–H groups in total. The van der Waals surface area contributed by atoms with Gasteiger partial charge >= 0.3 is 24.1 Å². The number of esters is 1. The zero-order chi connectivity index (χ0) is 40.7. The number of unbranched alkanes of at least 4 members (excludes halogenated alkanes) is 7. The number of amides is 1. The van der Waals surface area contributed by atoms with E-state index in [0.29, 0.717) is 6.42 Å². The molecule has 3 aromatic rings. The van der Waals surface area contributed by atoms with Crippen LogP contribution in [0.3, 0.4) is 0 Å². The highest BCUT2D eigenvalue weighted by atomic mass is 19.4. The highest BCUT2D eigenvalue weighted by Gasteiger charge is 2.38. The minimum Gasteiger partial charge on any atom is -0.507 e. The molecular weight excluding hydrogens is 733 g/mol. The Kier molecular flexibility index (Phi) is 16.3. The Morgan fingerprint density at radius 1 is 0.782 bits per heavy atom. The van der Waals surface area contributed by atoms with E-state index in [0.717, 1.165) is 50.3 Å². The molecule has 1 heterocycles. The smallest absolute Gasteiger partial charge is 0.490 e. The number of rotatable bonds is 17. The van der Waals surface area contributed by atoms with Gasteiger partial charge in [-0.2, -0.15) is 13.2 Å². The number of ether oxygens (including phenoxy) is 2. The number of carboxylic acid groups (broad SMARTS) is 2. The van der Waals surface area contributed by atoms with Crippen LogP contribution < -0.4 is 15.4 Å². The summed E-state index contributed by atoms with van der Waals surface area (Å²) in [6.45, 7) is 2.81. The summed E-state index contributed by atoms with van der Waals surface area (Å²) in [7, 11) is 0. The van der Waals surface area contributed by atoms with Gasteiger partial charge in [-0.1, -0.05) is 70.1 Å². The summed E-state index contributed by atoms with van der Waals surface area (Å²) in [5.41, 5.74) is -1.50. The summed E-state index contributed by atoms with van der Waals surface area (Å²) in [6.07, 6.45) is 2.37. The van der Waals surface area contributed by atoms with Crippen molar-refractivity contribution in [3.05, 3.63) is 82.4 Å². The molecule has 0 spiro atoms. The van der Waals surface area contributed by atoms with Gasteiger partial charge in [0.05, 0.1) is 34.9 Å². The minimum atomic E-state index is -5.08. The SMILES string of the molecule is CCCCCCCCCCOc1cc(C(=O)O[C@@H]2CNC[C@H]2NC(=O)c2ccccc2O)cc(O)c1C(=O)c1c(O)cccc1C(=O)O.O=C(O)C(F)(F)F. The van der Waals surface area contributed by atoms with Crippen LogP contribution in [0.1, 0.15) is 105 Å². The molecule has 1 saturated heterocycles. The highest BCUT2D eigenvalue weighted by Crippen LogP contribution is 2.36. The molecule has 1 fully saturated rings. The zero-order valence-electron chi connectivity index (χ0n) is 29.9. The van der Waals surface area contributed by atoms with Gasteiger partial charge in [-0.3, -0.25) is 9.59 Å². The van der Waals surface area contributed by atoms with Crippen LogP contribution in [0.2, 0.25) is 0 Å². The molecule has 1 aliphatic heterocycles. The number of carbonyl (C=O) groups excluding carboxylic acids is 3. The number of phenolic OH excluding ortho intramolecular Hbond substituents is 3. The number of hydrogen-bond donors (Lipinski definition) is 7. The van der Waals surface area contributed by atoms with Gasteiger partial charge in [-0.05, 0) is 42.8 Å². The molecule has 0 saturated carbocycles. The van der Waals surface area contributed by atoms with E-state index in [4.69, 9.17) is 19.4 Å². The third-order valence-electron chi connectivity index (χ3n) is 8.42. The van der Waals surface area contributed by atoms with Crippen molar-refractivity contribution in [2.45, 2.75) is 76.6 Å². The second-order valence-corrected chi connectivity index (χ2v) is 12.5. The lowest BCUT2D eigenvalue weighted by Crippen LogP contribution is -2.44. The maximum absolute atomic E-state index is 13.7. The number of carbonyl (C=O) groups is 5. The summed E-state index contributed by atoms with van der Waals surface area (Å²) >= 11 is 0.